The molecule has 1 N–H and O–H groups in total. The fourth-order valence-electron chi connectivity index (χ4n) is 7.10. The lowest BCUT2D eigenvalue weighted by Gasteiger charge is -2.39. The maximum Gasteiger partial charge on any atom is 0.269 e. The van der Waals surface area contributed by atoms with Gasteiger partial charge in [-0.25, -0.2) is 4.39 Å². The molecule has 0 radical (unpaired) electrons. The number of anilines is 2. The minimum atomic E-state index is -1.52. The van der Waals surface area contributed by atoms with Crippen molar-refractivity contribution >= 4 is 40.1 Å². The Morgan fingerprint density at radius 1 is 0.884 bits per heavy atom. The van der Waals surface area contributed by atoms with E-state index in [0.29, 0.717) is 16.9 Å². The van der Waals surface area contributed by atoms with E-state index in [4.69, 9.17) is 0 Å². The number of halogens is 1. The summed E-state index contributed by atoms with van der Waals surface area (Å²) in [6, 6.07) is 23.1. The van der Waals surface area contributed by atoms with Gasteiger partial charge in [-0.2, -0.15) is 0 Å². The van der Waals surface area contributed by atoms with Crippen molar-refractivity contribution in [2.75, 3.05) is 10.2 Å². The summed E-state index contributed by atoms with van der Waals surface area (Å²) in [5.74, 6) is -3.11. The second-order valence-electron chi connectivity index (χ2n) is 11.0. The van der Waals surface area contributed by atoms with E-state index in [9.17, 15) is 28.9 Å². The van der Waals surface area contributed by atoms with Crippen molar-refractivity contribution < 1.29 is 23.7 Å². The van der Waals surface area contributed by atoms with Crippen molar-refractivity contribution in [3.63, 3.8) is 0 Å². The van der Waals surface area contributed by atoms with Crippen molar-refractivity contribution in [3.8, 4) is 0 Å². The van der Waals surface area contributed by atoms with Gasteiger partial charge < -0.3 is 10.2 Å². The van der Waals surface area contributed by atoms with Gasteiger partial charge in [-0.1, -0.05) is 42.5 Å². The van der Waals surface area contributed by atoms with E-state index in [1.54, 1.807) is 24.3 Å². The molecule has 0 bridgehead atoms. The predicted octanol–water partition coefficient (Wildman–Crippen LogP) is 5.98. The Hall–Kier alpha value is -5.44. The Labute approximate surface area is 245 Å². The number of fused-ring (bicyclic) bond motifs is 6. The van der Waals surface area contributed by atoms with Crippen LogP contribution in [0.15, 0.2) is 103 Å². The number of hydrogen-bond acceptors (Lipinski definition) is 6. The molecule has 4 atom stereocenters. The molecule has 8 nitrogen and oxygen atoms in total. The Morgan fingerprint density at radius 2 is 1.51 bits per heavy atom. The molecule has 1 fully saturated rings. The Balaban J connectivity index is 1.53. The molecule has 4 aromatic carbocycles. The maximum absolute atomic E-state index is 14.7. The normalized spacial score (nSPS) is 23.2. The number of nitro benzene ring substituents is 1. The fraction of sp³-hybridized carbons (Fsp3) is 0.147. The molecule has 3 heterocycles. The first-order valence-electron chi connectivity index (χ1n) is 13.8. The minimum absolute atomic E-state index is 0.165. The molecule has 1 saturated heterocycles. The molecule has 212 valence electrons. The molecule has 0 saturated carbocycles. The number of allylic oxidation sites excluding steroid dienone is 1. The largest absolute Gasteiger partial charge is 0.352 e. The van der Waals surface area contributed by atoms with Gasteiger partial charge in [0.15, 0.2) is 11.6 Å². The molecular formula is C34H24FN3O5. The summed E-state index contributed by atoms with van der Waals surface area (Å²) in [4.78, 5) is 56.4. The molecule has 3 aliphatic heterocycles. The number of nitrogens with zero attached hydrogens (tertiary/aromatic N) is 2. The lowest BCUT2D eigenvalue weighted by Crippen LogP contribution is -2.51. The summed E-state index contributed by atoms with van der Waals surface area (Å²) in [7, 11) is 0. The standard InChI is InChI=1S/C34H24FN3O5/c1-19-18-28-34(25-7-3-4-8-26(25)36-33(34)41)29(31(39)20-10-14-22(35)15-11-20)30(37(28)27-9-5-2-6-24(19)27)32(40)21-12-16-23(17-13-21)38(42)43/h2-18,28-30H,1H3,(H,36,41)/t28-,29+,30+,34-/m0/s1. The smallest absolute Gasteiger partial charge is 0.269 e. The highest BCUT2D eigenvalue weighted by Crippen LogP contribution is 2.58. The molecule has 43 heavy (non-hydrogen) atoms. The van der Waals surface area contributed by atoms with Crippen LogP contribution in [0.2, 0.25) is 0 Å². The summed E-state index contributed by atoms with van der Waals surface area (Å²) in [5, 5.41) is 14.3. The first-order valence-corrected chi connectivity index (χ1v) is 13.8. The third-order valence-corrected chi connectivity index (χ3v) is 8.93. The molecule has 0 aliphatic carbocycles. The number of rotatable bonds is 5. The number of non-ortho nitro benzene ring substituents is 1. The van der Waals surface area contributed by atoms with Crippen molar-refractivity contribution in [3.05, 3.63) is 141 Å². The summed E-state index contributed by atoms with van der Waals surface area (Å²) >= 11 is 0. The number of hydrogen-bond donors (Lipinski definition) is 1. The molecule has 1 amide bonds. The third-order valence-electron chi connectivity index (χ3n) is 8.93. The van der Waals surface area contributed by atoms with Crippen molar-refractivity contribution in [1.82, 2.24) is 0 Å². The van der Waals surface area contributed by atoms with Crippen LogP contribution in [0.1, 0.15) is 38.8 Å². The van der Waals surface area contributed by atoms with Crippen LogP contribution in [0.4, 0.5) is 21.5 Å². The van der Waals surface area contributed by atoms with Crippen LogP contribution in [-0.4, -0.2) is 34.5 Å². The van der Waals surface area contributed by atoms with Gasteiger partial charge in [0.05, 0.1) is 16.9 Å². The van der Waals surface area contributed by atoms with Crippen molar-refractivity contribution in [2.24, 2.45) is 5.92 Å². The van der Waals surface area contributed by atoms with Gasteiger partial charge in [-0.15, -0.1) is 0 Å². The molecule has 1 spiro atoms. The number of ketones is 2. The molecular weight excluding hydrogens is 549 g/mol. The Bertz CT molecular complexity index is 1880. The number of nitro groups is 1. The summed E-state index contributed by atoms with van der Waals surface area (Å²) < 4.78 is 14.0. The zero-order valence-corrected chi connectivity index (χ0v) is 22.9. The molecule has 0 unspecified atom stereocenters. The summed E-state index contributed by atoms with van der Waals surface area (Å²) in [6.45, 7) is 1.94. The second-order valence-corrected chi connectivity index (χ2v) is 11.0. The zero-order valence-electron chi connectivity index (χ0n) is 22.9. The lowest BCUT2D eigenvalue weighted by atomic mass is 9.64. The Morgan fingerprint density at radius 3 is 2.23 bits per heavy atom. The third kappa shape index (κ3) is 3.71. The highest BCUT2D eigenvalue weighted by atomic mass is 19.1. The average molecular weight is 574 g/mol. The van der Waals surface area contributed by atoms with E-state index in [1.165, 1.54) is 48.5 Å². The average Bonchev–Trinajstić information content (AvgIpc) is 3.49. The maximum atomic E-state index is 14.7. The van der Waals surface area contributed by atoms with Gasteiger partial charge in [-0.3, -0.25) is 24.5 Å². The van der Waals surface area contributed by atoms with Gasteiger partial charge in [0.2, 0.25) is 5.91 Å². The van der Waals surface area contributed by atoms with E-state index in [0.717, 1.165) is 11.1 Å². The van der Waals surface area contributed by atoms with Gasteiger partial charge in [0.1, 0.15) is 17.3 Å². The van der Waals surface area contributed by atoms with E-state index in [1.807, 2.05) is 42.2 Å². The first kappa shape index (κ1) is 26.5. The zero-order chi connectivity index (χ0) is 30.0. The molecule has 7 rings (SSSR count). The highest BCUT2D eigenvalue weighted by Gasteiger charge is 2.70. The van der Waals surface area contributed by atoms with Crippen LogP contribution in [0.5, 0.6) is 0 Å². The SMILES string of the molecule is CC1=C[C@@H]2N(c3ccccc31)[C@@H](C(=O)c1ccc([N+](=O)[O-])cc1)[C@H](C(=O)c1ccc(F)cc1)[C@@]21C(=O)Nc2ccccc21. The number of para-hydroxylation sites is 2. The highest BCUT2D eigenvalue weighted by molar-refractivity contribution is 6.18. The van der Waals surface area contributed by atoms with E-state index < -0.39 is 51.6 Å². The first-order chi connectivity index (χ1) is 20.7. The van der Waals surface area contributed by atoms with Gasteiger partial charge >= 0.3 is 0 Å². The predicted molar refractivity (Wildman–Crippen MR) is 159 cm³/mol. The van der Waals surface area contributed by atoms with Gasteiger partial charge in [0.25, 0.3) is 5.69 Å². The molecule has 3 aliphatic rings. The topological polar surface area (TPSA) is 110 Å². The number of nitrogens with one attached hydrogen (secondary N) is 1. The number of carbonyl (C=O) groups is 3. The van der Waals surface area contributed by atoms with Gasteiger partial charge in [-0.05, 0) is 66.6 Å². The fourth-order valence-corrected chi connectivity index (χ4v) is 7.10. The number of benzene rings is 4. The lowest BCUT2D eigenvalue weighted by molar-refractivity contribution is -0.384. The number of carbonyl (C=O) groups excluding carboxylic acids is 3. The molecule has 0 aromatic heterocycles. The molecule has 4 aromatic rings. The number of Topliss-reactive ketones (excluding diaryl/α,β-unsaturated/α-hetero) is 2. The van der Waals surface area contributed by atoms with Crippen LogP contribution >= 0.6 is 0 Å². The van der Waals surface area contributed by atoms with Crippen molar-refractivity contribution in [2.45, 2.75) is 24.4 Å². The summed E-state index contributed by atoms with van der Waals surface area (Å²) in [5.41, 5.74) is 2.23. The van der Waals surface area contributed by atoms with Crippen LogP contribution in [-0.2, 0) is 10.2 Å². The van der Waals surface area contributed by atoms with Crippen LogP contribution < -0.4 is 10.2 Å². The summed E-state index contributed by atoms with van der Waals surface area (Å²) in [6.07, 6.45) is 1.94. The van der Waals surface area contributed by atoms with Crippen molar-refractivity contribution in [1.29, 1.82) is 0 Å². The quantitative estimate of drug-likeness (QED) is 0.179. The minimum Gasteiger partial charge on any atom is -0.352 e. The number of amides is 1. The van der Waals surface area contributed by atoms with Crippen LogP contribution in [0, 0.1) is 21.8 Å². The van der Waals surface area contributed by atoms with Crippen LogP contribution in [0.3, 0.4) is 0 Å². The second kappa shape index (κ2) is 9.55. The molecule has 9 heteroatoms. The Kier molecular flexibility index (Phi) is 5.88. The van der Waals surface area contributed by atoms with E-state index in [-0.39, 0.29) is 16.8 Å². The monoisotopic (exact) mass is 573 g/mol. The van der Waals surface area contributed by atoms with E-state index in [2.05, 4.69) is 5.32 Å². The van der Waals surface area contributed by atoms with Gasteiger partial charge in [0, 0.05) is 40.2 Å². The van der Waals surface area contributed by atoms with Crippen LogP contribution in [0.25, 0.3) is 5.57 Å². The van der Waals surface area contributed by atoms with E-state index >= 15 is 0 Å².